The highest BCUT2D eigenvalue weighted by atomic mass is 32.1. The van der Waals surface area contributed by atoms with E-state index in [0.29, 0.717) is 30.8 Å². The second-order valence-corrected chi connectivity index (χ2v) is 4.48. The second kappa shape index (κ2) is 5.27. The van der Waals surface area contributed by atoms with E-state index in [4.69, 9.17) is 17.3 Å². The van der Waals surface area contributed by atoms with Crippen molar-refractivity contribution < 1.29 is 9.90 Å². The Morgan fingerprint density at radius 2 is 2.07 bits per heavy atom. The molecular formula is C9H17N3O2S. The molecule has 1 unspecified atom stereocenters. The number of carbonyl (C=O) groups is 1. The number of rotatable bonds is 4. The van der Waals surface area contributed by atoms with E-state index in [1.54, 1.807) is 0 Å². The molecule has 0 amide bonds. The molecule has 1 aliphatic rings. The Kier molecular flexibility index (Phi) is 4.28. The van der Waals surface area contributed by atoms with Crippen molar-refractivity contribution in [3.05, 3.63) is 0 Å². The Hall–Kier alpha value is -0.880. The van der Waals surface area contributed by atoms with E-state index in [1.807, 2.05) is 18.7 Å². The summed E-state index contributed by atoms with van der Waals surface area (Å²) in [6.07, 6.45) is 0.644. The van der Waals surface area contributed by atoms with Crippen LogP contribution in [0, 0.1) is 5.92 Å². The maximum absolute atomic E-state index is 11.1. The van der Waals surface area contributed by atoms with Crippen molar-refractivity contribution in [3.63, 3.8) is 0 Å². The average molecular weight is 231 g/mol. The maximum Gasteiger partial charge on any atom is 0.321 e. The summed E-state index contributed by atoms with van der Waals surface area (Å²) in [7, 11) is 0. The molecule has 1 heterocycles. The number of hydrogen-bond donors (Lipinski definition) is 3. The Morgan fingerprint density at radius 3 is 2.47 bits per heavy atom. The van der Waals surface area contributed by atoms with Crippen LogP contribution in [0.1, 0.15) is 20.3 Å². The Labute approximate surface area is 94.8 Å². The number of nitrogens with one attached hydrogen (secondary N) is 2. The molecule has 0 aromatic carbocycles. The molecule has 0 spiro atoms. The summed E-state index contributed by atoms with van der Waals surface area (Å²) >= 11 is 4.90. The van der Waals surface area contributed by atoms with Crippen LogP contribution in [0.5, 0.6) is 0 Å². The molecule has 1 aliphatic heterocycles. The van der Waals surface area contributed by atoms with Crippen LogP contribution >= 0.6 is 12.2 Å². The highest BCUT2D eigenvalue weighted by Gasteiger charge is 2.28. The lowest BCUT2D eigenvalue weighted by Gasteiger charge is -2.34. The maximum atomic E-state index is 11.1. The van der Waals surface area contributed by atoms with Crippen molar-refractivity contribution in [1.29, 1.82) is 0 Å². The standard InChI is InChI=1S/C9H17N3O2S/c1-6(2)3-7(8(13)14)12-4-10-9(15)11-5-12/h6-7H,3-5H2,1-2H3,(H,13,14)(H2,10,11,15). The Morgan fingerprint density at radius 1 is 1.53 bits per heavy atom. The zero-order valence-electron chi connectivity index (χ0n) is 8.99. The summed E-state index contributed by atoms with van der Waals surface area (Å²) in [5.41, 5.74) is 0. The largest absolute Gasteiger partial charge is 0.480 e. The van der Waals surface area contributed by atoms with Crippen LogP contribution in [0.4, 0.5) is 0 Å². The van der Waals surface area contributed by atoms with Gasteiger partial charge in [-0.3, -0.25) is 9.69 Å². The van der Waals surface area contributed by atoms with Gasteiger partial charge >= 0.3 is 5.97 Å². The number of carboxylic acid groups (broad SMARTS) is 1. The van der Waals surface area contributed by atoms with Gasteiger partial charge in [-0.05, 0) is 24.6 Å². The normalized spacial score (nSPS) is 19.5. The van der Waals surface area contributed by atoms with E-state index in [1.165, 1.54) is 0 Å². The van der Waals surface area contributed by atoms with Crippen LogP contribution in [0.25, 0.3) is 0 Å². The molecule has 0 aliphatic carbocycles. The minimum absolute atomic E-state index is 0.361. The molecule has 6 heteroatoms. The van der Waals surface area contributed by atoms with Crippen LogP contribution in [0.15, 0.2) is 0 Å². The lowest BCUT2D eigenvalue weighted by Crippen LogP contribution is -2.58. The van der Waals surface area contributed by atoms with E-state index < -0.39 is 12.0 Å². The predicted molar refractivity (Wildman–Crippen MR) is 61.3 cm³/mol. The smallest absolute Gasteiger partial charge is 0.321 e. The molecule has 5 nitrogen and oxygen atoms in total. The van der Waals surface area contributed by atoms with Crippen molar-refractivity contribution >= 4 is 23.3 Å². The first kappa shape index (κ1) is 12.2. The van der Waals surface area contributed by atoms with E-state index in [9.17, 15) is 4.79 Å². The van der Waals surface area contributed by atoms with Gasteiger partial charge in [0.1, 0.15) is 6.04 Å². The molecule has 0 radical (unpaired) electrons. The molecule has 1 atom stereocenters. The van der Waals surface area contributed by atoms with E-state index in [2.05, 4.69) is 10.6 Å². The van der Waals surface area contributed by atoms with Gasteiger partial charge in [-0.25, -0.2) is 0 Å². The van der Waals surface area contributed by atoms with Crippen molar-refractivity contribution in [1.82, 2.24) is 15.5 Å². The minimum atomic E-state index is -0.778. The molecule has 1 fully saturated rings. The van der Waals surface area contributed by atoms with Gasteiger partial charge < -0.3 is 15.7 Å². The molecule has 1 rings (SSSR count). The first-order valence-corrected chi connectivity index (χ1v) is 5.40. The SMILES string of the molecule is CC(C)CC(C(=O)O)N1CNC(=S)NC1. The third-order valence-electron chi connectivity index (χ3n) is 2.31. The van der Waals surface area contributed by atoms with Crippen LogP contribution in [0.2, 0.25) is 0 Å². The molecule has 15 heavy (non-hydrogen) atoms. The lowest BCUT2D eigenvalue weighted by molar-refractivity contribution is -0.144. The third kappa shape index (κ3) is 3.64. The second-order valence-electron chi connectivity index (χ2n) is 4.07. The topological polar surface area (TPSA) is 64.6 Å². The van der Waals surface area contributed by atoms with Crippen molar-refractivity contribution in [2.24, 2.45) is 5.92 Å². The highest BCUT2D eigenvalue weighted by Crippen LogP contribution is 2.11. The minimum Gasteiger partial charge on any atom is -0.480 e. The Balaban J connectivity index is 2.56. The molecule has 0 bridgehead atoms. The van der Waals surface area contributed by atoms with Gasteiger partial charge in [0.25, 0.3) is 0 Å². The zero-order valence-corrected chi connectivity index (χ0v) is 9.80. The van der Waals surface area contributed by atoms with Gasteiger partial charge in [0.15, 0.2) is 5.11 Å². The molecule has 3 N–H and O–H groups in total. The van der Waals surface area contributed by atoms with Gasteiger partial charge in [0.05, 0.1) is 13.3 Å². The van der Waals surface area contributed by atoms with Crippen LogP contribution in [-0.2, 0) is 4.79 Å². The fraction of sp³-hybridized carbons (Fsp3) is 0.778. The first-order valence-electron chi connectivity index (χ1n) is 4.99. The van der Waals surface area contributed by atoms with Crippen molar-refractivity contribution in [2.75, 3.05) is 13.3 Å². The van der Waals surface area contributed by atoms with Crippen LogP contribution in [-0.4, -0.2) is 40.5 Å². The van der Waals surface area contributed by atoms with E-state index in [-0.39, 0.29) is 0 Å². The monoisotopic (exact) mass is 231 g/mol. The fourth-order valence-corrected chi connectivity index (χ4v) is 1.67. The quantitative estimate of drug-likeness (QED) is 0.600. The van der Waals surface area contributed by atoms with Gasteiger partial charge in [-0.2, -0.15) is 0 Å². The van der Waals surface area contributed by atoms with E-state index in [0.717, 1.165) is 0 Å². The fourth-order valence-electron chi connectivity index (χ4n) is 1.54. The highest BCUT2D eigenvalue weighted by molar-refractivity contribution is 7.80. The third-order valence-corrected chi connectivity index (χ3v) is 2.59. The molecule has 1 saturated heterocycles. The number of nitrogens with zero attached hydrogens (tertiary/aromatic N) is 1. The number of carboxylic acids is 1. The van der Waals surface area contributed by atoms with Gasteiger partial charge in [-0.15, -0.1) is 0 Å². The summed E-state index contributed by atoms with van der Waals surface area (Å²) in [6.45, 7) is 5.03. The van der Waals surface area contributed by atoms with Gasteiger partial charge in [-0.1, -0.05) is 13.8 Å². The molecular weight excluding hydrogens is 214 g/mol. The summed E-state index contributed by atoms with van der Waals surface area (Å²) in [6, 6.07) is -0.451. The summed E-state index contributed by atoms with van der Waals surface area (Å²) in [4.78, 5) is 12.9. The first-order chi connectivity index (χ1) is 7.00. The number of thiocarbonyl (C=S) groups is 1. The van der Waals surface area contributed by atoms with E-state index >= 15 is 0 Å². The van der Waals surface area contributed by atoms with Crippen molar-refractivity contribution in [2.45, 2.75) is 26.3 Å². The zero-order chi connectivity index (χ0) is 11.4. The molecule has 0 aromatic heterocycles. The molecule has 86 valence electrons. The summed E-state index contributed by atoms with van der Waals surface area (Å²) < 4.78 is 0. The van der Waals surface area contributed by atoms with Crippen molar-refractivity contribution in [3.8, 4) is 0 Å². The summed E-state index contributed by atoms with van der Waals surface area (Å²) in [5.74, 6) is -0.417. The lowest BCUT2D eigenvalue weighted by atomic mass is 10.0. The number of hydrogen-bond acceptors (Lipinski definition) is 3. The van der Waals surface area contributed by atoms with Crippen LogP contribution < -0.4 is 10.6 Å². The average Bonchev–Trinajstić information content (AvgIpc) is 2.15. The predicted octanol–water partition coefficient (Wildman–Crippen LogP) is 0.180. The molecule has 0 saturated carbocycles. The number of aliphatic carboxylic acids is 1. The van der Waals surface area contributed by atoms with Crippen LogP contribution in [0.3, 0.4) is 0 Å². The van der Waals surface area contributed by atoms with Gasteiger partial charge in [0, 0.05) is 0 Å². The van der Waals surface area contributed by atoms with Gasteiger partial charge in [0.2, 0.25) is 0 Å². The summed E-state index contributed by atoms with van der Waals surface area (Å²) in [5, 5.41) is 15.5. The Bertz CT molecular complexity index is 248. The molecule has 0 aromatic rings.